The second kappa shape index (κ2) is 4.09. The highest BCUT2D eigenvalue weighted by molar-refractivity contribution is 5.94. The summed E-state index contributed by atoms with van der Waals surface area (Å²) in [6.45, 7) is 3.84. The number of aromatic amines is 1. The zero-order chi connectivity index (χ0) is 10.7. The van der Waals surface area contributed by atoms with Crippen LogP contribution in [0.15, 0.2) is 6.20 Å². The van der Waals surface area contributed by atoms with E-state index in [2.05, 4.69) is 9.72 Å². The summed E-state index contributed by atoms with van der Waals surface area (Å²) in [6, 6.07) is 0. The van der Waals surface area contributed by atoms with Crippen LogP contribution in [-0.2, 0) is 4.74 Å². The van der Waals surface area contributed by atoms with Gasteiger partial charge in [-0.15, -0.1) is 0 Å². The van der Waals surface area contributed by atoms with Crippen molar-refractivity contribution in [1.29, 1.82) is 0 Å². The first-order valence-corrected chi connectivity index (χ1v) is 4.36. The molecule has 0 fully saturated rings. The van der Waals surface area contributed by atoms with Gasteiger partial charge in [0.15, 0.2) is 6.29 Å². The Morgan fingerprint density at radius 3 is 2.64 bits per heavy atom. The van der Waals surface area contributed by atoms with Gasteiger partial charge in [-0.25, -0.2) is 4.79 Å². The molecule has 1 N–H and O–H groups in total. The number of hydrogen-bond acceptors (Lipinski definition) is 3. The van der Waals surface area contributed by atoms with Gasteiger partial charge in [-0.2, -0.15) is 0 Å². The molecular weight excluding hydrogens is 182 g/mol. The zero-order valence-electron chi connectivity index (χ0n) is 8.46. The largest absolute Gasteiger partial charge is 0.465 e. The number of methoxy groups -OCH3 is 1. The van der Waals surface area contributed by atoms with Crippen molar-refractivity contribution in [2.75, 3.05) is 7.11 Å². The van der Waals surface area contributed by atoms with Crippen LogP contribution in [0.25, 0.3) is 0 Å². The van der Waals surface area contributed by atoms with Crippen molar-refractivity contribution < 1.29 is 14.3 Å². The maximum atomic E-state index is 11.3. The molecule has 76 valence electrons. The average molecular weight is 195 g/mol. The van der Waals surface area contributed by atoms with Gasteiger partial charge in [0.05, 0.1) is 18.4 Å². The number of rotatable bonds is 3. The first-order valence-electron chi connectivity index (χ1n) is 4.36. The number of H-pyrrole nitrogens is 1. The van der Waals surface area contributed by atoms with E-state index in [0.717, 1.165) is 0 Å². The average Bonchev–Trinajstić information content (AvgIpc) is 2.59. The number of aldehydes is 1. The fourth-order valence-electron chi connectivity index (χ4n) is 1.45. The summed E-state index contributed by atoms with van der Waals surface area (Å²) in [6.07, 6.45) is 2.21. The Hall–Kier alpha value is -1.58. The van der Waals surface area contributed by atoms with Crippen LogP contribution in [0.1, 0.15) is 46.2 Å². The highest BCUT2D eigenvalue weighted by Gasteiger charge is 2.19. The summed E-state index contributed by atoms with van der Waals surface area (Å²) in [5, 5.41) is 0. The van der Waals surface area contributed by atoms with Crippen molar-refractivity contribution >= 4 is 12.3 Å². The third-order valence-electron chi connectivity index (χ3n) is 2.05. The molecule has 0 radical (unpaired) electrons. The van der Waals surface area contributed by atoms with Crippen LogP contribution in [0.4, 0.5) is 0 Å². The van der Waals surface area contributed by atoms with E-state index in [4.69, 9.17) is 0 Å². The summed E-state index contributed by atoms with van der Waals surface area (Å²) < 4.78 is 4.61. The van der Waals surface area contributed by atoms with Crippen LogP contribution in [0.2, 0.25) is 0 Å². The van der Waals surface area contributed by atoms with E-state index < -0.39 is 5.97 Å². The lowest BCUT2D eigenvalue weighted by Crippen LogP contribution is -2.05. The van der Waals surface area contributed by atoms with Crippen LogP contribution < -0.4 is 0 Å². The molecule has 0 aliphatic rings. The monoisotopic (exact) mass is 195 g/mol. The molecule has 1 aromatic rings. The van der Waals surface area contributed by atoms with Crippen molar-refractivity contribution in [1.82, 2.24) is 4.98 Å². The molecular formula is C10H13NO3. The third-order valence-corrected chi connectivity index (χ3v) is 2.05. The minimum absolute atomic E-state index is 0.107. The van der Waals surface area contributed by atoms with Crippen molar-refractivity contribution in [2.24, 2.45) is 0 Å². The molecule has 0 unspecified atom stereocenters. The molecule has 0 spiro atoms. The van der Waals surface area contributed by atoms with E-state index in [0.29, 0.717) is 23.1 Å². The summed E-state index contributed by atoms with van der Waals surface area (Å²) in [5.74, 6) is -0.311. The highest BCUT2D eigenvalue weighted by Crippen LogP contribution is 2.23. The first kappa shape index (κ1) is 10.5. The molecule has 0 amide bonds. The third kappa shape index (κ3) is 1.69. The normalized spacial score (nSPS) is 10.3. The Balaban J connectivity index is 3.24. The van der Waals surface area contributed by atoms with Crippen LogP contribution >= 0.6 is 0 Å². The molecule has 1 rings (SSSR count). The molecule has 0 saturated heterocycles. The second-order valence-corrected chi connectivity index (χ2v) is 3.29. The molecule has 0 aromatic carbocycles. The predicted octanol–water partition coefficient (Wildman–Crippen LogP) is 1.74. The van der Waals surface area contributed by atoms with Crippen LogP contribution in [0.5, 0.6) is 0 Å². The van der Waals surface area contributed by atoms with Gasteiger partial charge < -0.3 is 9.72 Å². The Morgan fingerprint density at radius 2 is 2.21 bits per heavy atom. The lowest BCUT2D eigenvalue weighted by Gasteiger charge is -2.06. The second-order valence-electron chi connectivity index (χ2n) is 3.29. The Bertz CT molecular complexity index is 352. The lowest BCUT2D eigenvalue weighted by molar-refractivity contribution is 0.0599. The minimum atomic E-state index is -0.418. The van der Waals surface area contributed by atoms with Gasteiger partial charge in [-0.3, -0.25) is 4.79 Å². The molecule has 0 aliphatic carbocycles. The minimum Gasteiger partial charge on any atom is -0.465 e. The maximum absolute atomic E-state index is 11.3. The van der Waals surface area contributed by atoms with Gasteiger partial charge >= 0.3 is 5.97 Å². The van der Waals surface area contributed by atoms with E-state index in [1.165, 1.54) is 13.3 Å². The van der Waals surface area contributed by atoms with Gasteiger partial charge in [0.25, 0.3) is 0 Å². The van der Waals surface area contributed by atoms with Gasteiger partial charge in [-0.1, -0.05) is 13.8 Å². The molecule has 14 heavy (non-hydrogen) atoms. The molecule has 4 heteroatoms. The Kier molecular flexibility index (Phi) is 3.06. The van der Waals surface area contributed by atoms with E-state index in [1.807, 2.05) is 13.8 Å². The number of esters is 1. The number of ether oxygens (including phenoxy) is 1. The van der Waals surface area contributed by atoms with Gasteiger partial charge in [0.1, 0.15) is 0 Å². The number of hydrogen-bond donors (Lipinski definition) is 1. The smallest absolute Gasteiger partial charge is 0.339 e. The standard InChI is InChI=1S/C10H13NO3/c1-6(2)9-7(10(13)14-3)4-11-8(9)5-12/h4-6,11H,1-3H3. The van der Waals surface area contributed by atoms with E-state index in [-0.39, 0.29) is 5.92 Å². The topological polar surface area (TPSA) is 59.2 Å². The summed E-state index contributed by atoms with van der Waals surface area (Å²) in [7, 11) is 1.32. The molecule has 0 saturated carbocycles. The SMILES string of the molecule is COC(=O)c1c[nH]c(C=O)c1C(C)C. The van der Waals surface area contributed by atoms with Crippen molar-refractivity contribution in [3.63, 3.8) is 0 Å². The van der Waals surface area contributed by atoms with Crippen LogP contribution in [-0.4, -0.2) is 24.3 Å². The predicted molar refractivity (Wildman–Crippen MR) is 51.6 cm³/mol. The quantitative estimate of drug-likeness (QED) is 0.590. The van der Waals surface area contributed by atoms with Gasteiger partial charge in [0.2, 0.25) is 0 Å². The van der Waals surface area contributed by atoms with Crippen molar-refractivity contribution in [2.45, 2.75) is 19.8 Å². The van der Waals surface area contributed by atoms with Crippen molar-refractivity contribution in [3.8, 4) is 0 Å². The number of carbonyl (C=O) groups is 2. The van der Waals surface area contributed by atoms with E-state index in [9.17, 15) is 9.59 Å². The van der Waals surface area contributed by atoms with Crippen molar-refractivity contribution in [3.05, 3.63) is 23.0 Å². The number of nitrogens with one attached hydrogen (secondary N) is 1. The van der Waals surface area contributed by atoms with Gasteiger partial charge in [0, 0.05) is 6.20 Å². The lowest BCUT2D eigenvalue weighted by atomic mass is 9.99. The fourth-order valence-corrected chi connectivity index (χ4v) is 1.45. The number of aromatic nitrogens is 1. The Labute approximate surface area is 82.3 Å². The summed E-state index contributed by atoms with van der Waals surface area (Å²) in [4.78, 5) is 24.7. The summed E-state index contributed by atoms with van der Waals surface area (Å²) in [5.41, 5.74) is 1.59. The van der Waals surface area contributed by atoms with E-state index in [1.54, 1.807) is 0 Å². The zero-order valence-corrected chi connectivity index (χ0v) is 8.46. The Morgan fingerprint density at radius 1 is 1.57 bits per heavy atom. The number of carbonyl (C=O) groups excluding carboxylic acids is 2. The highest BCUT2D eigenvalue weighted by atomic mass is 16.5. The molecule has 0 aliphatic heterocycles. The molecule has 4 nitrogen and oxygen atoms in total. The first-order chi connectivity index (χ1) is 6.61. The molecule has 1 aromatic heterocycles. The van der Waals surface area contributed by atoms with Gasteiger partial charge in [-0.05, 0) is 11.5 Å². The van der Waals surface area contributed by atoms with Crippen LogP contribution in [0, 0.1) is 0 Å². The molecule has 0 atom stereocenters. The summed E-state index contributed by atoms with van der Waals surface area (Å²) >= 11 is 0. The van der Waals surface area contributed by atoms with E-state index >= 15 is 0 Å². The molecule has 1 heterocycles. The molecule has 0 bridgehead atoms. The maximum Gasteiger partial charge on any atom is 0.339 e. The fraction of sp³-hybridized carbons (Fsp3) is 0.400. The van der Waals surface area contributed by atoms with Crippen LogP contribution in [0.3, 0.4) is 0 Å².